The maximum atomic E-state index is 12.3. The second-order valence-electron chi connectivity index (χ2n) is 7.62. The third-order valence-electron chi connectivity index (χ3n) is 5.14. The van der Waals surface area contributed by atoms with E-state index >= 15 is 0 Å². The summed E-state index contributed by atoms with van der Waals surface area (Å²) in [6, 6.07) is 18.7. The molecule has 8 nitrogen and oxygen atoms in total. The molecule has 1 atom stereocenters. The number of para-hydroxylation sites is 1. The number of benzene rings is 2. The Hall–Kier alpha value is -3.49. The molecule has 8 heteroatoms. The number of pyridine rings is 1. The molecule has 0 spiro atoms. The fraction of sp³-hybridized carbons (Fsp3) is 0.320. The Bertz CT molecular complexity index is 1110. The first-order chi connectivity index (χ1) is 15.9. The van der Waals surface area contributed by atoms with Gasteiger partial charge in [0.2, 0.25) is 11.8 Å². The number of aryl methyl sites for hydroxylation is 2. The molecular formula is C25H33N5O3. The van der Waals surface area contributed by atoms with Crippen molar-refractivity contribution in [2.45, 2.75) is 32.2 Å². The zero-order valence-corrected chi connectivity index (χ0v) is 19.2. The Morgan fingerprint density at radius 3 is 2.36 bits per heavy atom. The van der Waals surface area contributed by atoms with E-state index in [2.05, 4.69) is 41.8 Å². The maximum Gasteiger partial charge on any atom is 0.274 e. The average molecular weight is 452 g/mol. The Morgan fingerprint density at radius 1 is 1.06 bits per heavy atom. The van der Waals surface area contributed by atoms with Gasteiger partial charge >= 0.3 is 0 Å². The van der Waals surface area contributed by atoms with Crippen molar-refractivity contribution in [1.82, 2.24) is 9.88 Å². The first kappa shape index (κ1) is 25.8. The second-order valence-corrected chi connectivity index (χ2v) is 7.62. The van der Waals surface area contributed by atoms with Crippen LogP contribution in [0.25, 0.3) is 10.9 Å². The summed E-state index contributed by atoms with van der Waals surface area (Å²) in [6.45, 7) is 2.35. The van der Waals surface area contributed by atoms with Gasteiger partial charge in [0, 0.05) is 12.4 Å². The molecule has 176 valence electrons. The molecule has 33 heavy (non-hydrogen) atoms. The van der Waals surface area contributed by atoms with Crippen LogP contribution in [0.4, 0.5) is 5.69 Å². The van der Waals surface area contributed by atoms with E-state index in [1.54, 1.807) is 13.1 Å². The molecule has 2 amide bonds. The first-order valence-corrected chi connectivity index (χ1v) is 11.0. The van der Waals surface area contributed by atoms with Crippen molar-refractivity contribution in [1.29, 1.82) is 0 Å². The van der Waals surface area contributed by atoms with Gasteiger partial charge in [-0.15, -0.1) is 0 Å². The topological polar surface area (TPSA) is 132 Å². The van der Waals surface area contributed by atoms with E-state index in [4.69, 9.17) is 11.5 Å². The highest BCUT2D eigenvalue weighted by Gasteiger charge is 2.15. The fourth-order valence-electron chi connectivity index (χ4n) is 3.19. The van der Waals surface area contributed by atoms with Crippen molar-refractivity contribution in [2.75, 3.05) is 18.4 Å². The molecule has 0 aliphatic rings. The minimum absolute atomic E-state index is 0.160. The number of rotatable bonds is 8. The van der Waals surface area contributed by atoms with Gasteiger partial charge in [0.1, 0.15) is 5.69 Å². The number of carbonyl (C=O) groups is 2. The summed E-state index contributed by atoms with van der Waals surface area (Å²) >= 11 is 0. The Balaban J connectivity index is 0.000000405. The molecule has 2 aromatic carbocycles. The first-order valence-electron chi connectivity index (χ1n) is 11.0. The summed E-state index contributed by atoms with van der Waals surface area (Å²) in [4.78, 5) is 36.1. The van der Waals surface area contributed by atoms with Crippen LogP contribution in [0.3, 0.4) is 0 Å². The Labute approximate surface area is 194 Å². The smallest absolute Gasteiger partial charge is 0.274 e. The van der Waals surface area contributed by atoms with Crippen LogP contribution in [0.2, 0.25) is 0 Å². The van der Waals surface area contributed by atoms with Crippen molar-refractivity contribution < 1.29 is 9.59 Å². The van der Waals surface area contributed by atoms with Crippen molar-refractivity contribution in [3.63, 3.8) is 0 Å². The maximum absolute atomic E-state index is 12.3. The highest BCUT2D eigenvalue weighted by molar-refractivity contribution is 5.96. The second kappa shape index (κ2) is 13.1. The van der Waals surface area contributed by atoms with Crippen molar-refractivity contribution in [3.8, 4) is 0 Å². The molecule has 1 heterocycles. The molecule has 1 aromatic heterocycles. The van der Waals surface area contributed by atoms with Crippen molar-refractivity contribution >= 4 is 28.4 Å². The minimum atomic E-state index is -0.704. The van der Waals surface area contributed by atoms with Crippen LogP contribution in [-0.4, -0.2) is 35.5 Å². The van der Waals surface area contributed by atoms with Crippen LogP contribution >= 0.6 is 0 Å². The predicted octanol–water partition coefficient (Wildman–Crippen LogP) is 1.91. The zero-order valence-electron chi connectivity index (χ0n) is 19.2. The molecular weight excluding hydrogens is 418 g/mol. The number of hydrogen-bond donors (Lipinski definition) is 4. The van der Waals surface area contributed by atoms with E-state index in [-0.39, 0.29) is 17.8 Å². The third kappa shape index (κ3) is 7.85. The van der Waals surface area contributed by atoms with E-state index in [9.17, 15) is 14.4 Å². The van der Waals surface area contributed by atoms with Gasteiger partial charge in [-0.2, -0.15) is 0 Å². The van der Waals surface area contributed by atoms with Crippen LogP contribution in [0, 0.1) is 0 Å². The van der Waals surface area contributed by atoms with Crippen molar-refractivity contribution in [2.24, 2.45) is 18.5 Å². The lowest BCUT2D eigenvalue weighted by molar-refractivity contribution is -0.125. The van der Waals surface area contributed by atoms with Gasteiger partial charge < -0.3 is 26.7 Å². The van der Waals surface area contributed by atoms with Crippen molar-refractivity contribution in [3.05, 3.63) is 76.6 Å². The van der Waals surface area contributed by atoms with Gasteiger partial charge in [-0.05, 0) is 43.5 Å². The highest BCUT2D eigenvalue weighted by Crippen LogP contribution is 2.14. The largest absolute Gasteiger partial charge is 0.346 e. The van der Waals surface area contributed by atoms with E-state index < -0.39 is 17.9 Å². The van der Waals surface area contributed by atoms with Crippen LogP contribution in [-0.2, 0) is 23.1 Å². The van der Waals surface area contributed by atoms with Gasteiger partial charge in [-0.25, -0.2) is 0 Å². The Morgan fingerprint density at radius 2 is 1.73 bits per heavy atom. The molecule has 0 unspecified atom stereocenters. The fourth-order valence-corrected chi connectivity index (χ4v) is 3.19. The molecule has 0 radical (unpaired) electrons. The number of nitrogens with one attached hydrogen (secondary N) is 2. The van der Waals surface area contributed by atoms with E-state index in [0.717, 1.165) is 17.3 Å². The van der Waals surface area contributed by atoms with E-state index in [0.29, 0.717) is 19.4 Å². The lowest BCUT2D eigenvalue weighted by Gasteiger charge is -2.12. The molecule has 0 aliphatic carbocycles. The van der Waals surface area contributed by atoms with Crippen LogP contribution in [0.5, 0.6) is 0 Å². The summed E-state index contributed by atoms with van der Waals surface area (Å²) in [6.07, 6.45) is 2.23. The summed E-state index contributed by atoms with van der Waals surface area (Å²) in [7, 11) is 1.64. The quantitative estimate of drug-likeness (QED) is 0.415. The van der Waals surface area contributed by atoms with Gasteiger partial charge in [0.05, 0.1) is 18.1 Å². The monoisotopic (exact) mass is 451 g/mol. The summed E-state index contributed by atoms with van der Waals surface area (Å²) in [5.74, 6) is -0.915. The molecule has 0 saturated carbocycles. The summed E-state index contributed by atoms with van der Waals surface area (Å²) < 4.78 is 1.46. The minimum Gasteiger partial charge on any atom is -0.346 e. The standard InChI is InChI=1S/C17H23N5O3.C8H10/c1-22-14-7-3-2-5-11(14)9-13(17(22)25)21-15(23)10-20-16(24)12(19)6-4-8-18;1-2-8-6-4-3-5-7-8/h2-3,5,7,9,12H,4,6,8,10,18-19H2,1H3,(H,20,24)(H,21,23);3-7H,2H2,1H3/t12-;/m0./s1. The Kier molecular flexibility index (Phi) is 10.3. The third-order valence-corrected chi connectivity index (χ3v) is 5.14. The molecule has 3 aromatic rings. The van der Waals surface area contributed by atoms with Gasteiger partial charge in [-0.3, -0.25) is 14.4 Å². The SMILES string of the molecule is CCc1ccccc1.Cn1c(=O)c(NC(=O)CNC(=O)[C@@H](N)CCCN)cc2ccccc21. The summed E-state index contributed by atoms with van der Waals surface area (Å²) in [5.41, 5.74) is 13.1. The molecule has 0 bridgehead atoms. The lowest BCUT2D eigenvalue weighted by atomic mass is 10.1. The number of carbonyl (C=O) groups excluding carboxylic acids is 2. The number of nitrogens with two attached hydrogens (primary N) is 2. The number of anilines is 1. The van der Waals surface area contributed by atoms with Crippen LogP contribution in [0.1, 0.15) is 25.3 Å². The number of fused-ring (bicyclic) bond motifs is 1. The molecule has 0 saturated heterocycles. The van der Waals surface area contributed by atoms with Crippen LogP contribution in [0.15, 0.2) is 65.5 Å². The lowest BCUT2D eigenvalue weighted by Crippen LogP contribution is -2.44. The van der Waals surface area contributed by atoms with E-state index in [1.807, 2.05) is 30.3 Å². The molecule has 0 aliphatic heterocycles. The number of aromatic nitrogens is 1. The summed E-state index contributed by atoms with van der Waals surface area (Å²) in [5, 5.41) is 5.82. The van der Waals surface area contributed by atoms with Gasteiger partial charge in [0.15, 0.2) is 0 Å². The molecule has 3 rings (SSSR count). The van der Waals surface area contributed by atoms with Gasteiger partial charge in [0.25, 0.3) is 5.56 Å². The normalized spacial score (nSPS) is 11.3. The predicted molar refractivity (Wildman–Crippen MR) is 133 cm³/mol. The van der Waals surface area contributed by atoms with Crippen LogP contribution < -0.4 is 27.7 Å². The van der Waals surface area contributed by atoms with Gasteiger partial charge in [-0.1, -0.05) is 55.5 Å². The average Bonchev–Trinajstić information content (AvgIpc) is 2.85. The number of hydrogen-bond acceptors (Lipinski definition) is 5. The molecule has 0 fully saturated rings. The molecule has 6 N–H and O–H groups in total. The number of amides is 2. The number of nitrogens with zero attached hydrogens (tertiary/aromatic N) is 1. The highest BCUT2D eigenvalue weighted by atomic mass is 16.2. The van der Waals surface area contributed by atoms with E-state index in [1.165, 1.54) is 10.1 Å². The zero-order chi connectivity index (χ0) is 24.2.